The third kappa shape index (κ3) is 8.70. The Bertz CT molecular complexity index is 3220. The van der Waals surface area contributed by atoms with Crippen LogP contribution in [0.2, 0.25) is 0 Å². The minimum atomic E-state index is 0.685. The maximum Gasteiger partial charge on any atom is 0.0462 e. The molecule has 12 rings (SSSR count). The Balaban J connectivity index is 0.782. The zero-order valence-corrected chi connectivity index (χ0v) is 38.5. The molecule has 10 aromatic rings. The maximum atomic E-state index is 2.45. The first kappa shape index (κ1) is 41.9. The summed E-state index contributed by atoms with van der Waals surface area (Å²) in [6.45, 7) is 0. The van der Waals surface area contributed by atoms with Crippen LogP contribution in [-0.4, -0.2) is 0 Å². The van der Waals surface area contributed by atoms with Gasteiger partial charge in [0, 0.05) is 34.1 Å². The van der Waals surface area contributed by atoms with Crippen molar-refractivity contribution in [1.29, 1.82) is 0 Å². The molecule has 0 N–H and O–H groups in total. The molecular weight excluding hydrogens is 833 g/mol. The van der Waals surface area contributed by atoms with Crippen LogP contribution in [-0.2, 0) is 0 Å². The Labute approximate surface area is 406 Å². The van der Waals surface area contributed by atoms with Crippen molar-refractivity contribution in [2.75, 3.05) is 9.80 Å². The summed E-state index contributed by atoms with van der Waals surface area (Å²) in [4.78, 5) is 4.67. The van der Waals surface area contributed by atoms with Crippen molar-refractivity contribution in [1.82, 2.24) is 0 Å². The molecule has 0 amide bonds. The molecule has 3 atom stereocenters. The monoisotopic (exact) mass is 884 g/mol. The highest BCUT2D eigenvalue weighted by Crippen LogP contribution is 2.49. The van der Waals surface area contributed by atoms with E-state index in [1.807, 2.05) is 0 Å². The average Bonchev–Trinajstić information content (AvgIpc) is 4.08. The van der Waals surface area contributed by atoms with Crippen LogP contribution in [0, 0.1) is 11.8 Å². The van der Waals surface area contributed by atoms with Gasteiger partial charge >= 0.3 is 0 Å². The molecule has 3 unspecified atom stereocenters. The average molecular weight is 885 g/mol. The highest BCUT2D eigenvalue weighted by Gasteiger charge is 2.36. The first-order valence-electron chi connectivity index (χ1n) is 24.3. The van der Waals surface area contributed by atoms with Crippen molar-refractivity contribution < 1.29 is 0 Å². The van der Waals surface area contributed by atoms with Crippen LogP contribution in [0.3, 0.4) is 0 Å². The van der Waals surface area contributed by atoms with E-state index in [-0.39, 0.29) is 0 Å². The predicted octanol–water partition coefficient (Wildman–Crippen LogP) is 18.6. The lowest BCUT2D eigenvalue weighted by Gasteiger charge is -2.26. The number of allylic oxidation sites excluding steroid dienone is 2. The lowest BCUT2D eigenvalue weighted by atomic mass is 9.86. The topological polar surface area (TPSA) is 6.48 Å². The van der Waals surface area contributed by atoms with Crippen LogP contribution in [0.4, 0.5) is 34.1 Å². The van der Waals surface area contributed by atoms with E-state index in [1.165, 1.54) is 62.9 Å². The second kappa shape index (κ2) is 18.7. The molecule has 0 saturated heterocycles. The standard InChI is InChI=1S/C67H52N2/c1-4-10-49(11-5-1)54-26-36-64(37-27-54)69(65-38-28-55(29-39-65)50-12-6-2-7-13-50)66-44-34-58(35-45-66)57-32-42-63(43-33-57)68(61-14-8-3-9-15-61)62-40-30-56(31-41-62)52-20-18-51(19-21-52)53-22-24-59(25-23-53)67-47-48-16-17-60(67)46-48/h1-45,48,60,67H,46-47H2. The number of hydrogen-bond acceptors (Lipinski definition) is 2. The number of fused-ring (bicyclic) bond motifs is 2. The van der Waals surface area contributed by atoms with Crippen molar-refractivity contribution in [2.45, 2.75) is 18.8 Å². The Morgan fingerprint density at radius 2 is 0.493 bits per heavy atom. The van der Waals surface area contributed by atoms with Crippen molar-refractivity contribution >= 4 is 34.1 Å². The summed E-state index contributed by atoms with van der Waals surface area (Å²) >= 11 is 0. The molecule has 0 aromatic heterocycles. The van der Waals surface area contributed by atoms with Crippen molar-refractivity contribution in [3.8, 4) is 55.6 Å². The second-order valence-corrected chi connectivity index (χ2v) is 18.6. The van der Waals surface area contributed by atoms with E-state index in [4.69, 9.17) is 0 Å². The Morgan fingerprint density at radius 3 is 0.783 bits per heavy atom. The van der Waals surface area contributed by atoms with E-state index in [1.54, 1.807) is 0 Å². The van der Waals surface area contributed by atoms with Gasteiger partial charge in [0.15, 0.2) is 0 Å². The van der Waals surface area contributed by atoms with Gasteiger partial charge in [0.2, 0.25) is 0 Å². The molecule has 0 spiro atoms. The van der Waals surface area contributed by atoms with Crippen LogP contribution in [0.5, 0.6) is 0 Å². The van der Waals surface area contributed by atoms with Gasteiger partial charge in [-0.25, -0.2) is 0 Å². The molecule has 1 saturated carbocycles. The van der Waals surface area contributed by atoms with E-state index < -0.39 is 0 Å². The third-order valence-electron chi connectivity index (χ3n) is 14.4. The highest BCUT2D eigenvalue weighted by molar-refractivity contribution is 5.83. The van der Waals surface area contributed by atoms with E-state index in [9.17, 15) is 0 Å². The molecule has 330 valence electrons. The number of hydrogen-bond donors (Lipinski definition) is 0. The third-order valence-corrected chi connectivity index (χ3v) is 14.4. The number of rotatable bonds is 12. The molecule has 2 heteroatoms. The van der Waals surface area contributed by atoms with Crippen LogP contribution < -0.4 is 9.80 Å². The van der Waals surface area contributed by atoms with Crippen molar-refractivity contribution in [3.63, 3.8) is 0 Å². The molecule has 0 aliphatic heterocycles. The van der Waals surface area contributed by atoms with Gasteiger partial charge in [0.05, 0.1) is 0 Å². The molecule has 10 aromatic carbocycles. The summed E-state index contributed by atoms with van der Waals surface area (Å²) in [5.74, 6) is 2.20. The Kier molecular flexibility index (Phi) is 11.3. The summed E-state index contributed by atoms with van der Waals surface area (Å²) in [7, 11) is 0. The largest absolute Gasteiger partial charge is 0.311 e. The fourth-order valence-corrected chi connectivity index (χ4v) is 10.7. The Morgan fingerprint density at radius 1 is 0.232 bits per heavy atom. The van der Waals surface area contributed by atoms with Gasteiger partial charge in [-0.15, -0.1) is 0 Å². The molecule has 69 heavy (non-hydrogen) atoms. The summed E-state index contributed by atoms with van der Waals surface area (Å²) in [6.07, 6.45) is 7.52. The zero-order chi connectivity index (χ0) is 45.9. The first-order valence-corrected chi connectivity index (χ1v) is 24.3. The Hall–Kier alpha value is -8.46. The molecule has 2 bridgehead atoms. The number of nitrogens with zero attached hydrogens (tertiary/aromatic N) is 2. The van der Waals surface area contributed by atoms with Gasteiger partial charge in [0.25, 0.3) is 0 Å². The number of para-hydroxylation sites is 1. The van der Waals surface area contributed by atoms with Gasteiger partial charge in [-0.3, -0.25) is 0 Å². The van der Waals surface area contributed by atoms with Gasteiger partial charge in [0.1, 0.15) is 0 Å². The van der Waals surface area contributed by atoms with E-state index in [0.29, 0.717) is 5.92 Å². The molecule has 2 aliphatic carbocycles. The summed E-state index contributed by atoms with van der Waals surface area (Å²) in [6, 6.07) is 94.8. The lowest BCUT2D eigenvalue weighted by molar-refractivity contribution is 0.586. The maximum absolute atomic E-state index is 2.45. The predicted molar refractivity (Wildman–Crippen MR) is 291 cm³/mol. The van der Waals surface area contributed by atoms with E-state index >= 15 is 0 Å². The van der Waals surface area contributed by atoms with Crippen LogP contribution >= 0.6 is 0 Å². The summed E-state index contributed by atoms with van der Waals surface area (Å²) in [5.41, 5.74) is 20.2. The number of anilines is 6. The number of benzene rings is 10. The van der Waals surface area contributed by atoms with E-state index in [2.05, 4.69) is 283 Å². The van der Waals surface area contributed by atoms with Crippen molar-refractivity contribution in [3.05, 3.63) is 279 Å². The van der Waals surface area contributed by atoms with E-state index in [0.717, 1.165) is 57.1 Å². The normalized spacial score (nSPS) is 15.8. The van der Waals surface area contributed by atoms with Gasteiger partial charge in [-0.05, 0) is 165 Å². The fourth-order valence-electron chi connectivity index (χ4n) is 10.7. The fraction of sp³-hybridized carbons (Fsp3) is 0.0746. The van der Waals surface area contributed by atoms with Crippen molar-refractivity contribution in [2.24, 2.45) is 11.8 Å². The lowest BCUT2D eigenvalue weighted by Crippen LogP contribution is -2.10. The van der Waals surface area contributed by atoms with Gasteiger partial charge in [-0.1, -0.05) is 200 Å². The molecule has 2 aliphatic rings. The molecule has 0 heterocycles. The van der Waals surface area contributed by atoms with Crippen LogP contribution in [0.1, 0.15) is 24.3 Å². The molecular formula is C67H52N2. The molecule has 0 radical (unpaired) electrons. The van der Waals surface area contributed by atoms with Gasteiger partial charge in [-0.2, -0.15) is 0 Å². The van der Waals surface area contributed by atoms with Gasteiger partial charge < -0.3 is 9.80 Å². The van der Waals surface area contributed by atoms with Crippen LogP contribution in [0.25, 0.3) is 55.6 Å². The first-order chi connectivity index (χ1) is 34.2. The summed E-state index contributed by atoms with van der Waals surface area (Å²) < 4.78 is 0. The SMILES string of the molecule is C1=CC2CC1CC2c1ccc(-c2ccc(-c3ccc(N(c4ccccc4)c4ccc(-c5ccc(N(c6ccc(-c7ccccc7)cc6)c6ccc(-c7ccccc7)cc6)cc5)cc4)cc3)cc2)cc1. The highest BCUT2D eigenvalue weighted by atomic mass is 15.1. The molecule has 2 nitrogen and oxygen atoms in total. The minimum Gasteiger partial charge on any atom is -0.311 e. The quantitative estimate of drug-likeness (QED) is 0.113. The smallest absolute Gasteiger partial charge is 0.0462 e. The molecule has 1 fully saturated rings. The second-order valence-electron chi connectivity index (χ2n) is 18.6. The zero-order valence-electron chi connectivity index (χ0n) is 38.5. The minimum absolute atomic E-state index is 0.685. The van der Waals surface area contributed by atoms with Crippen LogP contribution in [0.15, 0.2) is 273 Å². The summed E-state index contributed by atoms with van der Waals surface area (Å²) in [5, 5.41) is 0.